The lowest BCUT2D eigenvalue weighted by Gasteiger charge is -1.89. The van der Waals surface area contributed by atoms with Crippen LogP contribution >= 0.6 is 0 Å². The Morgan fingerprint density at radius 3 is 2.56 bits per heavy atom. The highest BCUT2D eigenvalue weighted by molar-refractivity contribution is 6.02. The SMILES string of the molecule is CC/C=C/C=C/C(=O)/C=C/c1ccccc1. The van der Waals surface area contributed by atoms with E-state index in [2.05, 4.69) is 6.92 Å². The van der Waals surface area contributed by atoms with Crippen molar-refractivity contribution in [3.63, 3.8) is 0 Å². The second-order valence-electron chi connectivity index (χ2n) is 3.34. The zero-order chi connectivity index (χ0) is 11.6. The predicted molar refractivity (Wildman–Crippen MR) is 69.1 cm³/mol. The molecule has 0 spiro atoms. The monoisotopic (exact) mass is 212 g/mol. The maximum Gasteiger partial charge on any atom is 0.178 e. The Hall–Kier alpha value is -1.89. The normalized spacial score (nSPS) is 11.8. The lowest BCUT2D eigenvalue weighted by Crippen LogP contribution is -1.83. The molecule has 0 aliphatic heterocycles. The quantitative estimate of drug-likeness (QED) is 0.536. The summed E-state index contributed by atoms with van der Waals surface area (Å²) < 4.78 is 0. The fourth-order valence-corrected chi connectivity index (χ4v) is 1.16. The van der Waals surface area contributed by atoms with Crippen molar-refractivity contribution in [3.05, 3.63) is 66.3 Å². The molecule has 16 heavy (non-hydrogen) atoms. The summed E-state index contributed by atoms with van der Waals surface area (Å²) in [5.74, 6) is 0.00426. The Bertz CT molecular complexity index is 397. The number of carbonyl (C=O) groups excluding carboxylic acids is 1. The van der Waals surface area contributed by atoms with E-state index in [0.29, 0.717) is 0 Å². The summed E-state index contributed by atoms with van der Waals surface area (Å²) in [6.07, 6.45) is 11.6. The minimum atomic E-state index is 0.00426. The van der Waals surface area contributed by atoms with Crippen LogP contribution in [0.2, 0.25) is 0 Å². The number of ketones is 1. The van der Waals surface area contributed by atoms with Crippen LogP contribution in [0.5, 0.6) is 0 Å². The van der Waals surface area contributed by atoms with Gasteiger partial charge in [-0.25, -0.2) is 0 Å². The third kappa shape index (κ3) is 5.11. The average Bonchev–Trinajstić information content (AvgIpc) is 2.33. The molecule has 1 nitrogen and oxygen atoms in total. The molecular weight excluding hydrogens is 196 g/mol. The molecule has 0 atom stereocenters. The first-order valence-corrected chi connectivity index (χ1v) is 5.43. The molecule has 0 N–H and O–H groups in total. The third-order valence-electron chi connectivity index (χ3n) is 1.98. The molecule has 82 valence electrons. The van der Waals surface area contributed by atoms with Gasteiger partial charge < -0.3 is 0 Å². The highest BCUT2D eigenvalue weighted by Crippen LogP contribution is 2.00. The highest BCUT2D eigenvalue weighted by Gasteiger charge is 1.87. The lowest BCUT2D eigenvalue weighted by molar-refractivity contribution is -0.110. The highest BCUT2D eigenvalue weighted by atomic mass is 16.1. The van der Waals surface area contributed by atoms with Crippen molar-refractivity contribution in [2.24, 2.45) is 0 Å². The molecule has 0 heterocycles. The van der Waals surface area contributed by atoms with Crippen molar-refractivity contribution in [1.29, 1.82) is 0 Å². The fourth-order valence-electron chi connectivity index (χ4n) is 1.16. The summed E-state index contributed by atoms with van der Waals surface area (Å²) in [6.45, 7) is 2.06. The van der Waals surface area contributed by atoms with E-state index in [1.54, 1.807) is 18.2 Å². The minimum Gasteiger partial charge on any atom is -0.290 e. The van der Waals surface area contributed by atoms with Crippen LogP contribution in [-0.2, 0) is 4.79 Å². The topological polar surface area (TPSA) is 17.1 Å². The number of hydrogen-bond acceptors (Lipinski definition) is 1. The van der Waals surface area contributed by atoms with Gasteiger partial charge >= 0.3 is 0 Å². The fraction of sp³-hybridized carbons (Fsp3) is 0.133. The standard InChI is InChI=1S/C15H16O/c1-2-3-4-8-11-15(16)13-12-14-9-6-5-7-10-14/h3-13H,2H2,1H3/b4-3+,11-8+,13-12+. The van der Waals surface area contributed by atoms with Crippen LogP contribution < -0.4 is 0 Å². The molecule has 0 amide bonds. The summed E-state index contributed by atoms with van der Waals surface area (Å²) in [5, 5.41) is 0. The van der Waals surface area contributed by atoms with E-state index >= 15 is 0 Å². The van der Waals surface area contributed by atoms with Gasteiger partial charge in [-0.05, 0) is 24.1 Å². The van der Waals surface area contributed by atoms with E-state index in [1.807, 2.05) is 48.6 Å². The molecule has 0 aliphatic carbocycles. The Balaban J connectivity index is 2.49. The van der Waals surface area contributed by atoms with Crippen molar-refractivity contribution in [2.75, 3.05) is 0 Å². The summed E-state index contributed by atoms with van der Waals surface area (Å²) in [6, 6.07) is 9.78. The molecule has 0 unspecified atom stereocenters. The Morgan fingerprint density at radius 1 is 1.12 bits per heavy atom. The third-order valence-corrected chi connectivity index (χ3v) is 1.98. The summed E-state index contributed by atoms with van der Waals surface area (Å²) in [5.41, 5.74) is 1.04. The van der Waals surface area contributed by atoms with Gasteiger partial charge in [0.15, 0.2) is 5.78 Å². The molecule has 1 aromatic carbocycles. The summed E-state index contributed by atoms with van der Waals surface area (Å²) >= 11 is 0. The smallest absolute Gasteiger partial charge is 0.178 e. The molecule has 0 aliphatic rings. The van der Waals surface area contributed by atoms with Gasteiger partial charge in [-0.3, -0.25) is 4.79 Å². The molecule has 1 aromatic rings. The molecule has 1 heteroatoms. The summed E-state index contributed by atoms with van der Waals surface area (Å²) in [4.78, 5) is 11.4. The van der Waals surface area contributed by atoms with E-state index in [4.69, 9.17) is 0 Å². The maximum absolute atomic E-state index is 11.4. The number of benzene rings is 1. The van der Waals surface area contributed by atoms with Crippen LogP contribution in [0.25, 0.3) is 6.08 Å². The number of hydrogen-bond donors (Lipinski definition) is 0. The number of carbonyl (C=O) groups is 1. The van der Waals surface area contributed by atoms with Gasteiger partial charge in [0.1, 0.15) is 0 Å². The molecule has 0 saturated heterocycles. The number of rotatable bonds is 5. The second kappa shape index (κ2) is 7.41. The largest absolute Gasteiger partial charge is 0.290 e. The van der Waals surface area contributed by atoms with Crippen LogP contribution in [0.15, 0.2) is 60.7 Å². The van der Waals surface area contributed by atoms with E-state index in [0.717, 1.165) is 12.0 Å². The average molecular weight is 212 g/mol. The zero-order valence-corrected chi connectivity index (χ0v) is 9.47. The van der Waals surface area contributed by atoms with Gasteiger partial charge in [-0.15, -0.1) is 0 Å². The Morgan fingerprint density at radius 2 is 1.88 bits per heavy atom. The van der Waals surface area contributed by atoms with Crippen LogP contribution in [0.1, 0.15) is 18.9 Å². The van der Waals surface area contributed by atoms with Gasteiger partial charge in [0.2, 0.25) is 0 Å². The molecule has 0 radical (unpaired) electrons. The maximum atomic E-state index is 11.4. The summed E-state index contributed by atoms with van der Waals surface area (Å²) in [7, 11) is 0. The molecule has 0 fully saturated rings. The zero-order valence-electron chi connectivity index (χ0n) is 9.47. The van der Waals surface area contributed by atoms with Crippen molar-refractivity contribution in [1.82, 2.24) is 0 Å². The van der Waals surface area contributed by atoms with Crippen molar-refractivity contribution < 1.29 is 4.79 Å². The number of allylic oxidation sites excluding steroid dienone is 5. The van der Waals surface area contributed by atoms with Crippen LogP contribution in [0.4, 0.5) is 0 Å². The second-order valence-corrected chi connectivity index (χ2v) is 3.34. The van der Waals surface area contributed by atoms with E-state index in [-0.39, 0.29) is 5.78 Å². The molecule has 0 bridgehead atoms. The van der Waals surface area contributed by atoms with Gasteiger partial charge in [-0.1, -0.05) is 61.6 Å². The molecule has 0 saturated carbocycles. The molecule has 0 aromatic heterocycles. The van der Waals surface area contributed by atoms with Crippen molar-refractivity contribution in [2.45, 2.75) is 13.3 Å². The van der Waals surface area contributed by atoms with Gasteiger partial charge in [-0.2, -0.15) is 0 Å². The van der Waals surface area contributed by atoms with Gasteiger partial charge in [0.25, 0.3) is 0 Å². The molecule has 1 rings (SSSR count). The first-order valence-electron chi connectivity index (χ1n) is 5.43. The van der Waals surface area contributed by atoms with Crippen molar-refractivity contribution >= 4 is 11.9 Å². The minimum absolute atomic E-state index is 0.00426. The van der Waals surface area contributed by atoms with Crippen molar-refractivity contribution in [3.8, 4) is 0 Å². The molecular formula is C15H16O. The van der Waals surface area contributed by atoms with Crippen LogP contribution in [0, 0.1) is 0 Å². The van der Waals surface area contributed by atoms with E-state index in [1.165, 1.54) is 0 Å². The van der Waals surface area contributed by atoms with Crippen LogP contribution in [-0.4, -0.2) is 5.78 Å². The van der Waals surface area contributed by atoms with E-state index in [9.17, 15) is 4.79 Å². The van der Waals surface area contributed by atoms with Gasteiger partial charge in [0.05, 0.1) is 0 Å². The Kier molecular flexibility index (Phi) is 5.64. The first-order chi connectivity index (χ1) is 7.83. The van der Waals surface area contributed by atoms with E-state index < -0.39 is 0 Å². The van der Waals surface area contributed by atoms with Crippen LogP contribution in [0.3, 0.4) is 0 Å². The Labute approximate surface area is 96.8 Å². The van der Waals surface area contributed by atoms with Gasteiger partial charge in [0, 0.05) is 0 Å². The lowest BCUT2D eigenvalue weighted by atomic mass is 10.2. The predicted octanol–water partition coefficient (Wildman–Crippen LogP) is 3.79. The first kappa shape index (κ1) is 12.2.